The molecule has 3 rings (SSSR count). The van der Waals surface area contributed by atoms with Gasteiger partial charge in [-0.05, 0) is 40.9 Å². The first-order chi connectivity index (χ1) is 20.2. The number of hydrogen-bond donors (Lipinski definition) is 3. The summed E-state index contributed by atoms with van der Waals surface area (Å²) in [7, 11) is 0. The van der Waals surface area contributed by atoms with Gasteiger partial charge in [0.25, 0.3) is 0 Å². The van der Waals surface area contributed by atoms with Crippen LogP contribution in [0.25, 0.3) is 0 Å². The Hall–Kier alpha value is -3.97. The van der Waals surface area contributed by atoms with Crippen molar-refractivity contribution in [3.05, 3.63) is 108 Å². The number of amides is 2. The van der Waals surface area contributed by atoms with E-state index in [2.05, 4.69) is 41.9 Å². The number of hydrogen-bond acceptors (Lipinski definition) is 5. The van der Waals surface area contributed by atoms with Crippen molar-refractivity contribution < 1.29 is 19.1 Å². The molecule has 0 spiro atoms. The fourth-order valence-corrected chi connectivity index (χ4v) is 4.87. The van der Waals surface area contributed by atoms with Crippen molar-refractivity contribution in [1.29, 1.82) is 0 Å². The summed E-state index contributed by atoms with van der Waals surface area (Å²) in [6.07, 6.45) is 0.716. The van der Waals surface area contributed by atoms with E-state index >= 15 is 0 Å². The van der Waals surface area contributed by atoms with Gasteiger partial charge >= 0.3 is 5.97 Å². The highest BCUT2D eigenvalue weighted by molar-refractivity contribution is 5.91. The smallest absolute Gasteiger partial charge is 0.328 e. The van der Waals surface area contributed by atoms with Crippen LogP contribution in [0.5, 0.6) is 0 Å². The van der Waals surface area contributed by atoms with Crippen molar-refractivity contribution in [3.8, 4) is 0 Å². The van der Waals surface area contributed by atoms with Gasteiger partial charge in [-0.15, -0.1) is 0 Å². The molecule has 0 aliphatic rings. The van der Waals surface area contributed by atoms with Gasteiger partial charge in [0.1, 0.15) is 18.7 Å². The number of nitrogens with one attached hydrogen (secondary N) is 3. The maximum Gasteiger partial charge on any atom is 0.328 e. The number of esters is 1. The summed E-state index contributed by atoms with van der Waals surface area (Å²) in [5.74, 6) is -0.412. The standard InChI is InChI=1S/C35H45N3O4/c1-25(2)20-32(35(41)42-24-28-16-10-6-11-17-28)38-34(40)31(21-27-14-8-5-9-15-27)37-33(39)23-36-22-30(26(3)4)29-18-12-7-13-19-29/h5-19,25-26,30-32,36H,20-24H2,1-4H3,(H,37,39)(H,38,40). The Morgan fingerprint density at radius 3 is 1.86 bits per heavy atom. The predicted octanol–water partition coefficient (Wildman–Crippen LogP) is 5.02. The number of benzene rings is 3. The van der Waals surface area contributed by atoms with Crippen LogP contribution in [0.15, 0.2) is 91.0 Å². The molecule has 0 aliphatic carbocycles. The summed E-state index contributed by atoms with van der Waals surface area (Å²) in [4.78, 5) is 39.6. The van der Waals surface area contributed by atoms with Gasteiger partial charge in [0, 0.05) is 13.0 Å². The third-order valence-corrected chi connectivity index (χ3v) is 7.15. The zero-order chi connectivity index (χ0) is 30.3. The molecule has 0 heterocycles. The van der Waals surface area contributed by atoms with Crippen molar-refractivity contribution in [3.63, 3.8) is 0 Å². The number of carbonyl (C=O) groups excluding carboxylic acids is 3. The van der Waals surface area contributed by atoms with Crippen LogP contribution in [0.4, 0.5) is 0 Å². The molecule has 3 atom stereocenters. The van der Waals surface area contributed by atoms with Crippen LogP contribution in [0.3, 0.4) is 0 Å². The zero-order valence-electron chi connectivity index (χ0n) is 25.2. The lowest BCUT2D eigenvalue weighted by Gasteiger charge is -2.24. The van der Waals surface area contributed by atoms with E-state index in [1.54, 1.807) is 0 Å². The first-order valence-electron chi connectivity index (χ1n) is 14.8. The van der Waals surface area contributed by atoms with Gasteiger partial charge in [0.15, 0.2) is 0 Å². The second-order valence-electron chi connectivity index (χ2n) is 11.5. The van der Waals surface area contributed by atoms with Crippen LogP contribution >= 0.6 is 0 Å². The van der Waals surface area contributed by atoms with Gasteiger partial charge in [-0.25, -0.2) is 4.79 Å². The zero-order valence-corrected chi connectivity index (χ0v) is 25.2. The molecular weight excluding hydrogens is 526 g/mol. The van der Waals surface area contributed by atoms with E-state index in [0.29, 0.717) is 25.3 Å². The molecule has 3 aromatic carbocycles. The minimum Gasteiger partial charge on any atom is -0.459 e. The molecule has 3 N–H and O–H groups in total. The minimum atomic E-state index is -0.853. The molecule has 3 aromatic rings. The average Bonchev–Trinajstić information content (AvgIpc) is 2.98. The highest BCUT2D eigenvalue weighted by atomic mass is 16.5. The molecule has 2 amide bonds. The summed E-state index contributed by atoms with van der Waals surface area (Å²) < 4.78 is 5.55. The summed E-state index contributed by atoms with van der Waals surface area (Å²) in [5.41, 5.74) is 2.99. The van der Waals surface area contributed by atoms with Gasteiger partial charge in [0.05, 0.1) is 6.54 Å². The van der Waals surface area contributed by atoms with E-state index in [1.807, 2.05) is 92.7 Å². The molecule has 7 heteroatoms. The predicted molar refractivity (Wildman–Crippen MR) is 167 cm³/mol. The van der Waals surface area contributed by atoms with Crippen LogP contribution in [0.1, 0.15) is 56.7 Å². The Balaban J connectivity index is 1.65. The van der Waals surface area contributed by atoms with Crippen LogP contribution in [0.2, 0.25) is 0 Å². The van der Waals surface area contributed by atoms with Crippen molar-refractivity contribution in [2.45, 2.75) is 65.1 Å². The Morgan fingerprint density at radius 2 is 1.29 bits per heavy atom. The lowest BCUT2D eigenvalue weighted by Crippen LogP contribution is -2.54. The topological polar surface area (TPSA) is 96.5 Å². The molecule has 224 valence electrons. The van der Waals surface area contributed by atoms with Gasteiger partial charge in [-0.3, -0.25) is 9.59 Å². The third kappa shape index (κ3) is 11.1. The highest BCUT2D eigenvalue weighted by Crippen LogP contribution is 2.23. The van der Waals surface area contributed by atoms with Crippen molar-refractivity contribution >= 4 is 17.8 Å². The average molecular weight is 572 g/mol. The van der Waals surface area contributed by atoms with Crippen molar-refractivity contribution in [2.24, 2.45) is 11.8 Å². The Morgan fingerprint density at radius 1 is 0.714 bits per heavy atom. The molecule has 42 heavy (non-hydrogen) atoms. The minimum absolute atomic E-state index is 0.0726. The fourth-order valence-electron chi connectivity index (χ4n) is 4.87. The molecule has 0 saturated carbocycles. The van der Waals surface area contributed by atoms with Crippen LogP contribution in [0, 0.1) is 11.8 Å². The maximum atomic E-state index is 13.6. The summed E-state index contributed by atoms with van der Waals surface area (Å²) in [6.45, 7) is 9.13. The molecule has 3 unspecified atom stereocenters. The van der Waals surface area contributed by atoms with E-state index in [1.165, 1.54) is 5.56 Å². The van der Waals surface area contributed by atoms with Crippen LogP contribution in [-0.4, -0.2) is 43.0 Å². The maximum absolute atomic E-state index is 13.6. The van der Waals surface area contributed by atoms with Gasteiger partial charge < -0.3 is 20.7 Å². The number of rotatable bonds is 16. The van der Waals surface area contributed by atoms with Crippen LogP contribution in [-0.2, 0) is 32.1 Å². The quantitative estimate of drug-likeness (QED) is 0.210. The van der Waals surface area contributed by atoms with E-state index in [-0.39, 0.29) is 30.9 Å². The number of carbonyl (C=O) groups is 3. The third-order valence-electron chi connectivity index (χ3n) is 7.15. The van der Waals surface area contributed by atoms with Gasteiger partial charge in [-0.1, -0.05) is 119 Å². The largest absolute Gasteiger partial charge is 0.459 e. The Labute approximate surface area is 250 Å². The van der Waals surface area contributed by atoms with E-state index < -0.39 is 24.0 Å². The second-order valence-corrected chi connectivity index (χ2v) is 11.5. The molecule has 0 fully saturated rings. The molecule has 0 radical (unpaired) electrons. The SMILES string of the molecule is CC(C)CC(NC(=O)C(Cc1ccccc1)NC(=O)CNCC(c1ccccc1)C(C)C)C(=O)OCc1ccccc1. The first-order valence-corrected chi connectivity index (χ1v) is 14.8. The normalized spacial score (nSPS) is 13.3. The van der Waals surface area contributed by atoms with E-state index in [9.17, 15) is 14.4 Å². The number of ether oxygens (including phenoxy) is 1. The lowest BCUT2D eigenvalue weighted by molar-refractivity contribution is -0.149. The molecule has 0 aromatic heterocycles. The van der Waals surface area contributed by atoms with E-state index in [0.717, 1.165) is 11.1 Å². The van der Waals surface area contributed by atoms with Gasteiger partial charge in [-0.2, -0.15) is 0 Å². The monoisotopic (exact) mass is 571 g/mol. The summed E-state index contributed by atoms with van der Waals surface area (Å²) >= 11 is 0. The lowest BCUT2D eigenvalue weighted by atomic mass is 9.88. The highest BCUT2D eigenvalue weighted by Gasteiger charge is 2.28. The van der Waals surface area contributed by atoms with E-state index in [4.69, 9.17) is 4.74 Å². The van der Waals surface area contributed by atoms with Crippen molar-refractivity contribution in [1.82, 2.24) is 16.0 Å². The molecular formula is C35H45N3O4. The molecule has 0 bridgehead atoms. The Kier molecular flexibility index (Phi) is 13.2. The molecule has 7 nitrogen and oxygen atoms in total. The summed E-state index contributed by atoms with van der Waals surface area (Å²) in [5, 5.41) is 9.04. The second kappa shape index (κ2) is 17.1. The molecule has 0 saturated heterocycles. The van der Waals surface area contributed by atoms with Crippen LogP contribution < -0.4 is 16.0 Å². The molecule has 0 aliphatic heterocycles. The fraction of sp³-hybridized carbons (Fsp3) is 0.400. The van der Waals surface area contributed by atoms with Crippen molar-refractivity contribution in [2.75, 3.05) is 13.1 Å². The Bertz CT molecular complexity index is 1230. The first kappa shape index (κ1) is 32.5. The summed E-state index contributed by atoms with van der Waals surface area (Å²) in [6, 6.07) is 27.5. The van der Waals surface area contributed by atoms with Gasteiger partial charge in [0.2, 0.25) is 11.8 Å².